The smallest absolute Gasteiger partial charge is 0.343 e. The number of carbonyl (C=O) groups excluding carboxylic acids is 1. The Morgan fingerprint density at radius 3 is 2.75 bits per heavy atom. The molecule has 0 aromatic rings. The van der Waals surface area contributed by atoms with Crippen molar-refractivity contribution in [1.29, 1.82) is 0 Å². The third-order valence-corrected chi connectivity index (χ3v) is 1.20. The molecule has 2 atom stereocenters. The zero-order valence-electron chi connectivity index (χ0n) is 7.16. The van der Waals surface area contributed by atoms with Crippen LogP contribution < -0.4 is 0 Å². The van der Waals surface area contributed by atoms with E-state index in [1.807, 2.05) is 0 Å². The number of halogens is 1. The molecule has 1 N–H and O–H groups in total. The van der Waals surface area contributed by atoms with Crippen LogP contribution in [-0.2, 0) is 9.53 Å². The number of alkyl halides is 1. The van der Waals surface area contributed by atoms with Gasteiger partial charge in [0.05, 0.1) is 6.61 Å². The van der Waals surface area contributed by atoms with Gasteiger partial charge in [0.2, 0.25) is 6.17 Å². The number of ether oxygens (including phenoxy) is 1. The van der Waals surface area contributed by atoms with E-state index in [0.717, 1.165) is 0 Å². The molecule has 0 rings (SSSR count). The van der Waals surface area contributed by atoms with E-state index in [1.165, 1.54) is 12.2 Å². The van der Waals surface area contributed by atoms with Gasteiger partial charge in [0, 0.05) is 0 Å². The van der Waals surface area contributed by atoms with Crippen LogP contribution in [0, 0.1) is 0 Å². The number of aliphatic hydroxyl groups is 1. The quantitative estimate of drug-likeness (QED) is 0.509. The van der Waals surface area contributed by atoms with E-state index in [1.54, 1.807) is 13.8 Å². The van der Waals surface area contributed by atoms with Crippen LogP contribution in [0.5, 0.6) is 0 Å². The van der Waals surface area contributed by atoms with Gasteiger partial charge < -0.3 is 9.84 Å². The Balaban J connectivity index is 3.99. The van der Waals surface area contributed by atoms with E-state index < -0.39 is 18.2 Å². The molecule has 0 heterocycles. The Labute approximate surface area is 70.8 Å². The molecule has 0 aliphatic heterocycles. The topological polar surface area (TPSA) is 46.5 Å². The lowest BCUT2D eigenvalue weighted by atomic mass is 10.2. The molecule has 0 radical (unpaired) electrons. The van der Waals surface area contributed by atoms with Gasteiger partial charge in [0.15, 0.2) is 0 Å². The molecule has 0 aliphatic carbocycles. The van der Waals surface area contributed by atoms with Crippen molar-refractivity contribution < 1.29 is 19.0 Å². The highest BCUT2D eigenvalue weighted by atomic mass is 19.1. The fourth-order valence-electron chi connectivity index (χ4n) is 0.656. The van der Waals surface area contributed by atoms with Crippen LogP contribution in [0.1, 0.15) is 13.8 Å². The largest absolute Gasteiger partial charge is 0.464 e. The highest BCUT2D eigenvalue weighted by molar-refractivity contribution is 5.75. The molecule has 0 saturated carbocycles. The summed E-state index contributed by atoms with van der Waals surface area (Å²) in [6.07, 6.45) is -0.729. The molecule has 12 heavy (non-hydrogen) atoms. The summed E-state index contributed by atoms with van der Waals surface area (Å²) in [5, 5.41) is 8.95. The predicted octanol–water partition coefficient (Wildman–Crippen LogP) is 0.825. The number of carbonyl (C=O) groups is 1. The first kappa shape index (κ1) is 11.1. The lowest BCUT2D eigenvalue weighted by molar-refractivity contribution is -0.152. The monoisotopic (exact) mass is 176 g/mol. The second-order valence-corrected chi connectivity index (χ2v) is 2.17. The maximum atomic E-state index is 12.8. The van der Waals surface area contributed by atoms with E-state index in [4.69, 9.17) is 5.11 Å². The zero-order chi connectivity index (χ0) is 9.56. The standard InChI is InChI=1S/C8H13FO3/c1-3-5-6(10)7(9)8(11)12-4-2/h3,5-7,10H,4H2,1-2H3/b5-3+/t6-,7+/m0/s1. The summed E-state index contributed by atoms with van der Waals surface area (Å²) in [6.45, 7) is 3.32. The van der Waals surface area contributed by atoms with Gasteiger partial charge in [-0.25, -0.2) is 9.18 Å². The van der Waals surface area contributed by atoms with Crippen LogP contribution in [0.2, 0.25) is 0 Å². The molecule has 0 saturated heterocycles. The van der Waals surface area contributed by atoms with Crippen molar-refractivity contribution in [1.82, 2.24) is 0 Å². The molecule has 0 aromatic heterocycles. The normalized spacial score (nSPS) is 16.0. The molecular formula is C8H13FO3. The number of allylic oxidation sites excluding steroid dienone is 1. The Morgan fingerprint density at radius 2 is 2.33 bits per heavy atom. The molecule has 0 amide bonds. The molecular weight excluding hydrogens is 163 g/mol. The van der Waals surface area contributed by atoms with E-state index in [0.29, 0.717) is 0 Å². The molecule has 4 heteroatoms. The van der Waals surface area contributed by atoms with Crippen molar-refractivity contribution in [3.63, 3.8) is 0 Å². The van der Waals surface area contributed by atoms with Gasteiger partial charge >= 0.3 is 5.97 Å². The number of hydrogen-bond acceptors (Lipinski definition) is 3. The van der Waals surface area contributed by atoms with Gasteiger partial charge in [0.25, 0.3) is 0 Å². The van der Waals surface area contributed by atoms with Crippen molar-refractivity contribution in [2.45, 2.75) is 26.1 Å². The molecule has 0 aromatic carbocycles. The van der Waals surface area contributed by atoms with E-state index >= 15 is 0 Å². The lowest BCUT2D eigenvalue weighted by Crippen LogP contribution is -2.30. The minimum Gasteiger partial charge on any atom is -0.464 e. The second-order valence-electron chi connectivity index (χ2n) is 2.17. The first-order valence-electron chi connectivity index (χ1n) is 3.75. The molecule has 3 nitrogen and oxygen atoms in total. The predicted molar refractivity (Wildman–Crippen MR) is 42.3 cm³/mol. The maximum Gasteiger partial charge on any atom is 0.343 e. The zero-order valence-corrected chi connectivity index (χ0v) is 7.16. The Bertz CT molecular complexity index is 168. The lowest BCUT2D eigenvalue weighted by Gasteiger charge is -2.10. The number of rotatable bonds is 4. The minimum atomic E-state index is -1.99. The third kappa shape index (κ3) is 3.48. The Kier molecular flexibility index (Phi) is 5.28. The van der Waals surface area contributed by atoms with E-state index in [-0.39, 0.29) is 6.61 Å². The molecule has 0 unspecified atom stereocenters. The van der Waals surface area contributed by atoms with Gasteiger partial charge in [-0.1, -0.05) is 12.2 Å². The van der Waals surface area contributed by atoms with Crippen LogP contribution in [0.15, 0.2) is 12.2 Å². The minimum absolute atomic E-state index is 0.113. The van der Waals surface area contributed by atoms with Gasteiger partial charge in [-0.15, -0.1) is 0 Å². The van der Waals surface area contributed by atoms with E-state index in [2.05, 4.69) is 4.74 Å². The van der Waals surface area contributed by atoms with Gasteiger partial charge in [-0.05, 0) is 13.8 Å². The van der Waals surface area contributed by atoms with Crippen LogP contribution in [-0.4, -0.2) is 30.0 Å². The summed E-state index contributed by atoms with van der Waals surface area (Å²) in [4.78, 5) is 10.7. The average Bonchev–Trinajstić information content (AvgIpc) is 2.04. The summed E-state index contributed by atoms with van der Waals surface area (Å²) >= 11 is 0. The molecule has 0 spiro atoms. The third-order valence-electron chi connectivity index (χ3n) is 1.20. The fraction of sp³-hybridized carbons (Fsp3) is 0.625. The van der Waals surface area contributed by atoms with Gasteiger partial charge in [-0.3, -0.25) is 0 Å². The number of aliphatic hydroxyl groups excluding tert-OH is 1. The van der Waals surface area contributed by atoms with Crippen LogP contribution >= 0.6 is 0 Å². The first-order chi connectivity index (χ1) is 5.63. The Hall–Kier alpha value is -0.900. The van der Waals surface area contributed by atoms with Crippen LogP contribution in [0.25, 0.3) is 0 Å². The highest BCUT2D eigenvalue weighted by Gasteiger charge is 2.25. The molecule has 0 fully saturated rings. The first-order valence-corrected chi connectivity index (χ1v) is 3.75. The Morgan fingerprint density at radius 1 is 1.75 bits per heavy atom. The summed E-state index contributed by atoms with van der Waals surface area (Å²) in [6, 6.07) is 0. The van der Waals surface area contributed by atoms with Crippen molar-refractivity contribution in [2.24, 2.45) is 0 Å². The van der Waals surface area contributed by atoms with Crippen molar-refractivity contribution in [2.75, 3.05) is 6.61 Å². The van der Waals surface area contributed by atoms with Crippen LogP contribution in [0.3, 0.4) is 0 Å². The number of esters is 1. The second kappa shape index (κ2) is 5.71. The van der Waals surface area contributed by atoms with Crippen molar-refractivity contribution in [3.8, 4) is 0 Å². The fourth-order valence-corrected chi connectivity index (χ4v) is 0.656. The summed E-state index contributed by atoms with van der Waals surface area (Å²) in [5.41, 5.74) is 0. The maximum absolute atomic E-state index is 12.8. The van der Waals surface area contributed by atoms with Crippen LogP contribution in [0.4, 0.5) is 4.39 Å². The molecule has 0 aliphatic rings. The van der Waals surface area contributed by atoms with Crippen molar-refractivity contribution in [3.05, 3.63) is 12.2 Å². The summed E-state index contributed by atoms with van der Waals surface area (Å²) in [5.74, 6) is -1.02. The van der Waals surface area contributed by atoms with Gasteiger partial charge in [-0.2, -0.15) is 0 Å². The summed E-state index contributed by atoms with van der Waals surface area (Å²) < 4.78 is 17.2. The average molecular weight is 176 g/mol. The molecule has 70 valence electrons. The number of hydrogen-bond donors (Lipinski definition) is 1. The summed E-state index contributed by atoms with van der Waals surface area (Å²) in [7, 11) is 0. The van der Waals surface area contributed by atoms with Crippen molar-refractivity contribution >= 4 is 5.97 Å². The molecule has 0 bridgehead atoms. The highest BCUT2D eigenvalue weighted by Crippen LogP contribution is 2.03. The van der Waals surface area contributed by atoms with Gasteiger partial charge in [0.1, 0.15) is 6.10 Å². The SMILES string of the molecule is C/C=C/[C@H](O)[C@@H](F)C(=O)OCC. The van der Waals surface area contributed by atoms with E-state index in [9.17, 15) is 9.18 Å².